The van der Waals surface area contributed by atoms with Crippen molar-refractivity contribution in [3.8, 4) is 0 Å². The maximum Gasteiger partial charge on any atom is 0.187 e. The quantitative estimate of drug-likeness (QED) is 0.448. The molecule has 0 radical (unpaired) electrons. The topological polar surface area (TPSA) is 61.4 Å². The van der Waals surface area contributed by atoms with Gasteiger partial charge in [0, 0.05) is 35.8 Å². The van der Waals surface area contributed by atoms with Gasteiger partial charge in [0.2, 0.25) is 0 Å². The Balaban J connectivity index is 1.56. The molecule has 1 fully saturated rings. The van der Waals surface area contributed by atoms with E-state index in [0.717, 1.165) is 38.0 Å². The Labute approximate surface area is 141 Å². The van der Waals surface area contributed by atoms with Gasteiger partial charge in [-0.15, -0.1) is 0 Å². The molecule has 0 spiro atoms. The molecule has 122 valence electrons. The van der Waals surface area contributed by atoms with E-state index >= 15 is 0 Å². The minimum atomic E-state index is 0.264. The summed E-state index contributed by atoms with van der Waals surface area (Å²) in [6.07, 6.45) is 7.25. The SMILES string of the molecule is CCc1cccc2c(/C=N/NC(=S)NCC3CCCO3)c[nH]c12. The molecule has 0 amide bonds. The standard InChI is InChI=1S/C17H22N4OS/c1-2-12-5-3-7-15-13(9-18-16(12)15)10-20-21-17(23)19-11-14-6-4-8-22-14/h3,5,7,9-10,14,18H,2,4,6,8,11H2,1H3,(H2,19,21,23)/b20-10+. The van der Waals surface area contributed by atoms with E-state index in [4.69, 9.17) is 17.0 Å². The minimum Gasteiger partial charge on any atom is -0.376 e. The summed E-state index contributed by atoms with van der Waals surface area (Å²) in [6.45, 7) is 3.74. The smallest absolute Gasteiger partial charge is 0.187 e. The number of hydrazone groups is 1. The lowest BCUT2D eigenvalue weighted by Gasteiger charge is -2.11. The molecule has 5 nitrogen and oxygen atoms in total. The number of aromatic nitrogens is 1. The van der Waals surface area contributed by atoms with E-state index in [0.29, 0.717) is 5.11 Å². The van der Waals surface area contributed by atoms with E-state index in [1.807, 2.05) is 6.20 Å². The van der Waals surface area contributed by atoms with Gasteiger partial charge in [0.05, 0.1) is 12.3 Å². The summed E-state index contributed by atoms with van der Waals surface area (Å²) in [5, 5.41) is 9.05. The summed E-state index contributed by atoms with van der Waals surface area (Å²) in [5.41, 5.74) is 6.39. The van der Waals surface area contributed by atoms with E-state index in [-0.39, 0.29) is 6.10 Å². The molecular formula is C17H22N4OS. The zero-order valence-electron chi connectivity index (χ0n) is 13.3. The molecule has 23 heavy (non-hydrogen) atoms. The van der Waals surface area contributed by atoms with Gasteiger partial charge in [0.1, 0.15) is 0 Å². The van der Waals surface area contributed by atoms with E-state index in [1.165, 1.54) is 16.5 Å². The number of rotatable bonds is 5. The van der Waals surface area contributed by atoms with Gasteiger partial charge in [-0.2, -0.15) is 5.10 Å². The Bertz CT molecular complexity index is 704. The Hall–Kier alpha value is -1.92. The number of H-pyrrole nitrogens is 1. The zero-order chi connectivity index (χ0) is 16.1. The average Bonchev–Trinajstić information content (AvgIpc) is 3.22. The number of aryl methyl sites for hydroxylation is 1. The van der Waals surface area contributed by atoms with Crippen LogP contribution < -0.4 is 10.7 Å². The van der Waals surface area contributed by atoms with Gasteiger partial charge in [0.15, 0.2) is 5.11 Å². The number of nitrogens with zero attached hydrogens (tertiary/aromatic N) is 1. The molecule has 1 aliphatic rings. The maximum absolute atomic E-state index is 5.54. The van der Waals surface area contributed by atoms with Crippen molar-refractivity contribution in [1.29, 1.82) is 0 Å². The average molecular weight is 330 g/mol. The third kappa shape index (κ3) is 3.89. The lowest BCUT2D eigenvalue weighted by atomic mass is 10.1. The highest BCUT2D eigenvalue weighted by molar-refractivity contribution is 7.80. The van der Waals surface area contributed by atoms with Crippen LogP contribution in [0.15, 0.2) is 29.5 Å². The Kier molecular flexibility index (Phi) is 5.25. The number of benzene rings is 1. The van der Waals surface area contributed by atoms with Crippen molar-refractivity contribution in [2.45, 2.75) is 32.3 Å². The van der Waals surface area contributed by atoms with Crippen LogP contribution in [0.5, 0.6) is 0 Å². The van der Waals surface area contributed by atoms with Crippen molar-refractivity contribution in [2.24, 2.45) is 5.10 Å². The van der Waals surface area contributed by atoms with Gasteiger partial charge in [-0.05, 0) is 37.0 Å². The summed E-state index contributed by atoms with van der Waals surface area (Å²) in [7, 11) is 0. The van der Waals surface area contributed by atoms with Crippen molar-refractivity contribution >= 4 is 34.4 Å². The fourth-order valence-electron chi connectivity index (χ4n) is 2.85. The molecular weight excluding hydrogens is 308 g/mol. The Morgan fingerprint density at radius 1 is 1.52 bits per heavy atom. The summed E-state index contributed by atoms with van der Waals surface area (Å²) in [5.74, 6) is 0. The molecule has 1 aromatic heterocycles. The Morgan fingerprint density at radius 3 is 3.22 bits per heavy atom. The molecule has 2 heterocycles. The van der Waals surface area contributed by atoms with Crippen LogP contribution in [0.2, 0.25) is 0 Å². The highest BCUT2D eigenvalue weighted by Crippen LogP contribution is 2.20. The van der Waals surface area contributed by atoms with Gasteiger partial charge < -0.3 is 15.0 Å². The lowest BCUT2D eigenvalue weighted by molar-refractivity contribution is 0.114. The summed E-state index contributed by atoms with van der Waals surface area (Å²) in [4.78, 5) is 3.32. The van der Waals surface area contributed by atoms with Crippen molar-refractivity contribution in [3.05, 3.63) is 35.5 Å². The van der Waals surface area contributed by atoms with Crippen molar-refractivity contribution in [2.75, 3.05) is 13.2 Å². The molecule has 1 aliphatic heterocycles. The zero-order valence-corrected chi connectivity index (χ0v) is 14.1. The molecule has 1 saturated heterocycles. The second-order valence-corrected chi connectivity index (χ2v) is 6.06. The van der Waals surface area contributed by atoms with Crippen LogP contribution in [0.25, 0.3) is 10.9 Å². The van der Waals surface area contributed by atoms with Gasteiger partial charge in [0.25, 0.3) is 0 Å². The van der Waals surface area contributed by atoms with Crippen LogP contribution in [-0.4, -0.2) is 35.6 Å². The predicted molar refractivity (Wildman–Crippen MR) is 98.0 cm³/mol. The van der Waals surface area contributed by atoms with Gasteiger partial charge in [-0.25, -0.2) is 0 Å². The van der Waals surface area contributed by atoms with E-state index in [2.05, 4.69) is 46.0 Å². The lowest BCUT2D eigenvalue weighted by Crippen LogP contribution is -2.37. The molecule has 0 saturated carbocycles. The molecule has 1 unspecified atom stereocenters. The number of hydrogen-bond acceptors (Lipinski definition) is 3. The number of fused-ring (bicyclic) bond motifs is 1. The number of nitrogens with one attached hydrogen (secondary N) is 3. The fraction of sp³-hybridized carbons (Fsp3) is 0.412. The van der Waals surface area contributed by atoms with Crippen molar-refractivity contribution in [3.63, 3.8) is 0 Å². The highest BCUT2D eigenvalue weighted by atomic mass is 32.1. The summed E-state index contributed by atoms with van der Waals surface area (Å²) < 4.78 is 5.54. The van der Waals surface area contributed by atoms with Crippen LogP contribution >= 0.6 is 12.2 Å². The van der Waals surface area contributed by atoms with E-state index in [9.17, 15) is 0 Å². The highest BCUT2D eigenvalue weighted by Gasteiger charge is 2.15. The molecule has 0 aliphatic carbocycles. The fourth-order valence-corrected chi connectivity index (χ4v) is 2.99. The normalized spacial score (nSPS) is 17.9. The third-order valence-corrected chi connectivity index (χ3v) is 4.33. The first kappa shape index (κ1) is 16.0. The third-order valence-electron chi connectivity index (χ3n) is 4.10. The minimum absolute atomic E-state index is 0.264. The van der Waals surface area contributed by atoms with Gasteiger partial charge in [-0.1, -0.05) is 25.1 Å². The molecule has 0 bridgehead atoms. The molecule has 1 atom stereocenters. The molecule has 6 heteroatoms. The van der Waals surface area contributed by atoms with Crippen molar-refractivity contribution < 1.29 is 4.74 Å². The summed E-state index contributed by atoms with van der Waals surface area (Å²) in [6, 6.07) is 6.32. The van der Waals surface area contributed by atoms with Crippen LogP contribution in [0, 0.1) is 0 Å². The number of hydrogen-bond donors (Lipinski definition) is 3. The number of thiocarbonyl (C=S) groups is 1. The number of para-hydroxylation sites is 1. The maximum atomic E-state index is 5.54. The van der Waals surface area contributed by atoms with Gasteiger partial charge >= 0.3 is 0 Å². The summed E-state index contributed by atoms with van der Waals surface area (Å²) >= 11 is 5.22. The first-order valence-corrected chi connectivity index (χ1v) is 8.46. The van der Waals surface area contributed by atoms with Crippen LogP contribution in [0.4, 0.5) is 0 Å². The molecule has 3 rings (SSSR count). The monoisotopic (exact) mass is 330 g/mol. The molecule has 3 N–H and O–H groups in total. The van der Waals surface area contributed by atoms with E-state index < -0.39 is 0 Å². The first-order valence-electron chi connectivity index (χ1n) is 8.05. The van der Waals surface area contributed by atoms with Crippen LogP contribution in [0.1, 0.15) is 30.9 Å². The second-order valence-electron chi connectivity index (χ2n) is 5.65. The van der Waals surface area contributed by atoms with Crippen LogP contribution in [0.3, 0.4) is 0 Å². The number of aromatic amines is 1. The number of ether oxygens (including phenoxy) is 1. The van der Waals surface area contributed by atoms with E-state index in [1.54, 1.807) is 6.21 Å². The van der Waals surface area contributed by atoms with Crippen molar-refractivity contribution in [1.82, 2.24) is 15.7 Å². The van der Waals surface area contributed by atoms with Crippen LogP contribution in [-0.2, 0) is 11.2 Å². The molecule has 1 aromatic carbocycles. The largest absolute Gasteiger partial charge is 0.376 e. The Morgan fingerprint density at radius 2 is 2.43 bits per heavy atom. The first-order chi connectivity index (χ1) is 11.3. The van der Waals surface area contributed by atoms with Gasteiger partial charge in [-0.3, -0.25) is 5.43 Å². The molecule has 2 aromatic rings. The predicted octanol–water partition coefficient (Wildman–Crippen LogP) is 2.71. The second kappa shape index (κ2) is 7.57.